The number of aliphatic hydroxyl groups excluding tert-OH is 2. The van der Waals surface area contributed by atoms with Gasteiger partial charge in [-0.3, -0.25) is 28.9 Å². The van der Waals surface area contributed by atoms with Gasteiger partial charge in [-0.15, -0.1) is 0 Å². The fraction of sp³-hybridized carbons (Fsp3) is 0.571. The zero-order valence-corrected chi connectivity index (χ0v) is 16.8. The summed E-state index contributed by atoms with van der Waals surface area (Å²) in [6.07, 6.45) is -0.878. The van der Waals surface area contributed by atoms with Crippen LogP contribution in [0.2, 0.25) is 0 Å². The minimum atomic E-state index is -1.59. The van der Waals surface area contributed by atoms with Gasteiger partial charge in [0, 0.05) is 12.8 Å². The van der Waals surface area contributed by atoms with Crippen LogP contribution in [0.25, 0.3) is 0 Å². The number of aliphatic carboxylic acids is 4. The highest BCUT2D eigenvalue weighted by Gasteiger charge is 2.39. The van der Waals surface area contributed by atoms with E-state index in [2.05, 4.69) is 25.3 Å². The molecule has 6 N–H and O–H groups in total. The number of thiol groups is 2. The smallest absolute Gasteiger partial charge is 0.327 e. The zero-order valence-electron chi connectivity index (χ0n) is 15.0. The van der Waals surface area contributed by atoms with Gasteiger partial charge in [0.1, 0.15) is 6.04 Å². The van der Waals surface area contributed by atoms with Crippen molar-refractivity contribution in [3.63, 3.8) is 0 Å². The number of imide groups is 1. The summed E-state index contributed by atoms with van der Waals surface area (Å²) in [5.74, 6) is -6.04. The van der Waals surface area contributed by atoms with E-state index in [1.165, 1.54) is 0 Å². The van der Waals surface area contributed by atoms with E-state index >= 15 is 0 Å². The van der Waals surface area contributed by atoms with Crippen molar-refractivity contribution in [2.45, 2.75) is 25.3 Å². The summed E-state index contributed by atoms with van der Waals surface area (Å²) in [7, 11) is 0. The minimum absolute atomic E-state index is 0.0533. The summed E-state index contributed by atoms with van der Waals surface area (Å²) in [5, 5.41) is 47.7. The van der Waals surface area contributed by atoms with Crippen LogP contribution in [0.4, 0.5) is 0 Å². The molecule has 13 nitrogen and oxygen atoms in total. The molecule has 0 saturated carbocycles. The van der Waals surface area contributed by atoms with Gasteiger partial charge in [0.15, 0.2) is 0 Å². The van der Waals surface area contributed by atoms with E-state index in [-0.39, 0.29) is 37.6 Å². The van der Waals surface area contributed by atoms with Gasteiger partial charge in [0.25, 0.3) is 0 Å². The van der Waals surface area contributed by atoms with E-state index in [0.717, 1.165) is 0 Å². The maximum absolute atomic E-state index is 11.2. The molecule has 0 aromatic heterocycles. The van der Waals surface area contributed by atoms with E-state index in [9.17, 15) is 28.8 Å². The van der Waals surface area contributed by atoms with Crippen LogP contribution in [0.1, 0.15) is 19.3 Å². The van der Waals surface area contributed by atoms with Crippen LogP contribution in [0, 0.1) is 0 Å². The number of nitrogens with zero attached hydrogens (tertiary/aromatic N) is 1. The first-order valence-corrected chi connectivity index (χ1v) is 8.82. The third-order valence-corrected chi connectivity index (χ3v) is 2.97. The Bertz CT molecular complexity index is 537. The molecule has 1 aliphatic rings. The Balaban J connectivity index is -0.000000396. The van der Waals surface area contributed by atoms with Crippen LogP contribution >= 0.6 is 25.3 Å². The molecule has 0 radical (unpaired) electrons. The molecule has 0 aromatic rings. The molecule has 0 bridgehead atoms. The van der Waals surface area contributed by atoms with Crippen molar-refractivity contribution in [2.75, 3.05) is 24.7 Å². The highest BCUT2D eigenvalue weighted by Crippen LogP contribution is 2.17. The number of carboxylic acid groups (broad SMARTS) is 4. The minimum Gasteiger partial charge on any atom is -0.481 e. The van der Waals surface area contributed by atoms with Gasteiger partial charge in [0.2, 0.25) is 11.8 Å². The number of carbonyl (C=O) groups excluding carboxylic acids is 2. The van der Waals surface area contributed by atoms with E-state index in [4.69, 9.17) is 30.6 Å². The Morgan fingerprint density at radius 3 is 1.28 bits per heavy atom. The van der Waals surface area contributed by atoms with E-state index < -0.39 is 48.2 Å². The first kappa shape index (κ1) is 31.3. The Morgan fingerprint density at radius 2 is 1.10 bits per heavy atom. The highest BCUT2D eigenvalue weighted by atomic mass is 32.1. The molecule has 1 aliphatic heterocycles. The van der Waals surface area contributed by atoms with Crippen LogP contribution in [0.3, 0.4) is 0 Å². The monoisotopic (exact) mass is 461 g/mol. The summed E-state index contributed by atoms with van der Waals surface area (Å²) < 4.78 is 0. The number of hydrogen-bond acceptors (Lipinski definition) is 10. The second kappa shape index (κ2) is 19.0. The standard InChI is InChI=1S/C8H9NO6.2C2H4O2S.C2H6O2/c10-5-1-2-6(11)9(5)4(8(14)15)3-7(12)13;2*3-2(4)1-5;3-1-2-4/h4H,1-3H2,(H,12,13)(H,14,15);2*5H,1H2,(H,3,4);3-4H,1-2H2. The fourth-order valence-electron chi connectivity index (χ4n) is 1.40. The van der Waals surface area contributed by atoms with E-state index in [1.54, 1.807) is 0 Å². The fourth-order valence-corrected chi connectivity index (χ4v) is 1.40. The molecule has 1 saturated heterocycles. The van der Waals surface area contributed by atoms with Gasteiger partial charge in [-0.2, -0.15) is 25.3 Å². The average Bonchev–Trinajstić information content (AvgIpc) is 2.98. The largest absolute Gasteiger partial charge is 0.481 e. The molecule has 1 unspecified atom stereocenters. The van der Waals surface area contributed by atoms with Crippen LogP contribution in [-0.2, 0) is 28.8 Å². The summed E-state index contributed by atoms with van der Waals surface area (Å²) in [5.41, 5.74) is 0. The van der Waals surface area contributed by atoms with Crippen molar-refractivity contribution in [3.05, 3.63) is 0 Å². The topological polar surface area (TPSA) is 227 Å². The normalized spacial score (nSPS) is 12.9. The number of aliphatic hydroxyl groups is 2. The summed E-state index contributed by atoms with van der Waals surface area (Å²) >= 11 is 6.83. The maximum Gasteiger partial charge on any atom is 0.327 e. The molecule has 1 atom stereocenters. The van der Waals surface area contributed by atoms with Crippen molar-refractivity contribution in [1.29, 1.82) is 0 Å². The Kier molecular flexibility index (Phi) is 20.5. The quantitative estimate of drug-likeness (QED) is 0.153. The first-order chi connectivity index (χ1) is 13.4. The Labute approximate surface area is 175 Å². The van der Waals surface area contributed by atoms with Gasteiger partial charge in [-0.25, -0.2) is 4.79 Å². The summed E-state index contributed by atoms with van der Waals surface area (Å²) in [6, 6.07) is -1.59. The lowest BCUT2D eigenvalue weighted by molar-refractivity contribution is -0.157. The van der Waals surface area contributed by atoms with Crippen LogP contribution in [0.15, 0.2) is 0 Å². The van der Waals surface area contributed by atoms with Crippen LogP contribution in [-0.4, -0.2) is 102 Å². The summed E-state index contributed by atoms with van der Waals surface area (Å²) in [6.45, 7) is -0.250. The third-order valence-electron chi connectivity index (χ3n) is 2.43. The molecule has 0 aliphatic carbocycles. The molecule has 1 rings (SSSR count). The Hall–Kier alpha value is -2.36. The lowest BCUT2D eigenvalue weighted by Gasteiger charge is -2.20. The van der Waals surface area contributed by atoms with Gasteiger partial charge < -0.3 is 30.6 Å². The molecule has 0 spiro atoms. The number of likely N-dealkylation sites (tertiary alicyclic amines) is 1. The molecular formula is C14H23NO12S2. The number of amides is 2. The van der Waals surface area contributed by atoms with Crippen molar-refractivity contribution in [3.8, 4) is 0 Å². The van der Waals surface area contributed by atoms with E-state index in [1.807, 2.05) is 0 Å². The molecule has 1 heterocycles. The average molecular weight is 461 g/mol. The van der Waals surface area contributed by atoms with Gasteiger partial charge in [0.05, 0.1) is 31.1 Å². The van der Waals surface area contributed by atoms with Crippen molar-refractivity contribution in [1.82, 2.24) is 4.90 Å². The molecule has 2 amide bonds. The summed E-state index contributed by atoms with van der Waals surface area (Å²) in [4.78, 5) is 62.5. The maximum atomic E-state index is 11.2. The second-order valence-electron chi connectivity index (χ2n) is 4.66. The number of carboxylic acids is 4. The Morgan fingerprint density at radius 1 is 0.793 bits per heavy atom. The molecule has 0 aromatic carbocycles. The van der Waals surface area contributed by atoms with Crippen molar-refractivity contribution in [2.24, 2.45) is 0 Å². The number of carbonyl (C=O) groups is 6. The first-order valence-electron chi connectivity index (χ1n) is 7.55. The van der Waals surface area contributed by atoms with Crippen molar-refractivity contribution >= 4 is 60.9 Å². The lowest BCUT2D eigenvalue weighted by Crippen LogP contribution is -2.45. The molecule has 15 heteroatoms. The zero-order chi connectivity index (χ0) is 23.6. The van der Waals surface area contributed by atoms with Gasteiger partial charge >= 0.3 is 23.9 Å². The molecule has 29 heavy (non-hydrogen) atoms. The SMILES string of the molecule is O=C(O)CC(C(=O)O)N1C(=O)CCC1=O.O=C(O)CS.O=C(O)CS.OCCO. The number of rotatable bonds is 7. The number of hydrogen-bond donors (Lipinski definition) is 8. The second-order valence-corrected chi connectivity index (χ2v) is 5.29. The predicted molar refractivity (Wildman–Crippen MR) is 102 cm³/mol. The lowest BCUT2D eigenvalue weighted by atomic mass is 10.2. The third kappa shape index (κ3) is 18.8. The van der Waals surface area contributed by atoms with Crippen LogP contribution < -0.4 is 0 Å². The molecule has 1 fully saturated rings. The van der Waals surface area contributed by atoms with Crippen molar-refractivity contribution < 1.29 is 59.4 Å². The van der Waals surface area contributed by atoms with Crippen LogP contribution in [0.5, 0.6) is 0 Å². The van der Waals surface area contributed by atoms with Gasteiger partial charge in [-0.1, -0.05) is 0 Å². The van der Waals surface area contributed by atoms with E-state index in [0.29, 0.717) is 4.90 Å². The molecule has 168 valence electrons. The predicted octanol–water partition coefficient (Wildman–Crippen LogP) is -1.96. The van der Waals surface area contributed by atoms with Gasteiger partial charge in [-0.05, 0) is 0 Å². The highest BCUT2D eigenvalue weighted by molar-refractivity contribution is 7.81. The molecular weight excluding hydrogens is 438 g/mol.